The molecule has 30 heavy (non-hydrogen) atoms. The molecule has 1 aliphatic carbocycles. The van der Waals surface area contributed by atoms with Gasteiger partial charge in [0.05, 0.1) is 12.2 Å². The van der Waals surface area contributed by atoms with Gasteiger partial charge in [0.1, 0.15) is 23.2 Å². The van der Waals surface area contributed by atoms with E-state index in [0.29, 0.717) is 41.4 Å². The van der Waals surface area contributed by atoms with Crippen molar-refractivity contribution in [3.8, 4) is 6.07 Å². The Bertz CT molecular complexity index is 979. The lowest BCUT2D eigenvalue weighted by atomic mass is 10.1. The van der Waals surface area contributed by atoms with Crippen molar-refractivity contribution in [1.82, 2.24) is 0 Å². The molecule has 1 N–H and O–H groups in total. The Kier molecular flexibility index (Phi) is 6.73. The predicted molar refractivity (Wildman–Crippen MR) is 114 cm³/mol. The average molecular weight is 406 g/mol. The highest BCUT2D eigenvalue weighted by Gasteiger charge is 2.36. The third kappa shape index (κ3) is 5.60. The number of carbonyl (C=O) groups is 2. The van der Waals surface area contributed by atoms with E-state index in [4.69, 9.17) is 9.15 Å². The predicted octanol–water partition coefficient (Wildman–Crippen LogP) is 5.15. The first-order valence-corrected chi connectivity index (χ1v) is 10.2. The van der Waals surface area contributed by atoms with Gasteiger partial charge in [-0.1, -0.05) is 20.8 Å². The molecule has 1 aliphatic rings. The lowest BCUT2D eigenvalue weighted by Crippen LogP contribution is -2.13. The van der Waals surface area contributed by atoms with Gasteiger partial charge >= 0.3 is 5.97 Å². The Morgan fingerprint density at radius 1 is 1.27 bits per heavy atom. The van der Waals surface area contributed by atoms with E-state index in [2.05, 4.69) is 26.1 Å². The Morgan fingerprint density at radius 3 is 2.57 bits per heavy atom. The third-order valence-corrected chi connectivity index (χ3v) is 5.08. The molecule has 1 aromatic heterocycles. The quantitative estimate of drug-likeness (QED) is 0.372. The van der Waals surface area contributed by atoms with Crippen molar-refractivity contribution in [2.75, 3.05) is 11.9 Å². The van der Waals surface area contributed by atoms with Crippen molar-refractivity contribution in [2.24, 2.45) is 11.8 Å². The molecule has 1 saturated carbocycles. The zero-order chi connectivity index (χ0) is 21.7. The molecule has 1 aromatic carbocycles. The van der Waals surface area contributed by atoms with Gasteiger partial charge in [-0.05, 0) is 61.1 Å². The largest absolute Gasteiger partial charge is 0.462 e. The molecule has 0 aliphatic heterocycles. The zero-order valence-corrected chi connectivity index (χ0v) is 17.5. The van der Waals surface area contributed by atoms with Crippen molar-refractivity contribution in [2.45, 2.75) is 39.5 Å². The van der Waals surface area contributed by atoms with Crippen LogP contribution in [0.15, 0.2) is 46.4 Å². The number of benzene rings is 1. The van der Waals surface area contributed by atoms with Gasteiger partial charge < -0.3 is 14.5 Å². The topological polar surface area (TPSA) is 92.3 Å². The minimum absolute atomic E-state index is 0.0584. The molecule has 3 rings (SSSR count). The molecule has 6 heteroatoms. The Morgan fingerprint density at radius 2 is 1.97 bits per heavy atom. The van der Waals surface area contributed by atoms with E-state index < -0.39 is 11.9 Å². The van der Waals surface area contributed by atoms with Gasteiger partial charge in [0, 0.05) is 17.7 Å². The Balaban J connectivity index is 1.59. The van der Waals surface area contributed by atoms with Crippen LogP contribution in [0.3, 0.4) is 0 Å². The lowest BCUT2D eigenvalue weighted by molar-refractivity contribution is -0.112. The highest BCUT2D eigenvalue weighted by molar-refractivity contribution is 6.09. The summed E-state index contributed by atoms with van der Waals surface area (Å²) in [5, 5.41) is 12.0. The molecule has 1 fully saturated rings. The molecule has 1 amide bonds. The maximum atomic E-state index is 12.4. The average Bonchev–Trinajstić information content (AvgIpc) is 3.26. The van der Waals surface area contributed by atoms with E-state index in [1.807, 2.05) is 12.1 Å². The number of hydrogen-bond donors (Lipinski definition) is 1. The zero-order valence-electron chi connectivity index (χ0n) is 17.5. The lowest BCUT2D eigenvalue weighted by Gasteiger charge is -2.08. The second-order valence-electron chi connectivity index (χ2n) is 8.08. The second kappa shape index (κ2) is 9.45. The van der Waals surface area contributed by atoms with Crippen LogP contribution in [0.1, 0.15) is 61.4 Å². The molecule has 2 aromatic rings. The van der Waals surface area contributed by atoms with Gasteiger partial charge in [0.2, 0.25) is 0 Å². The molecule has 0 bridgehead atoms. The number of nitriles is 1. The number of furan rings is 1. The molecule has 156 valence electrons. The molecular weight excluding hydrogens is 380 g/mol. The van der Waals surface area contributed by atoms with Crippen molar-refractivity contribution >= 4 is 23.6 Å². The van der Waals surface area contributed by atoms with Crippen molar-refractivity contribution in [1.29, 1.82) is 5.26 Å². The van der Waals surface area contributed by atoms with Gasteiger partial charge in [-0.25, -0.2) is 4.79 Å². The molecule has 0 spiro atoms. The van der Waals surface area contributed by atoms with E-state index in [0.717, 1.165) is 18.6 Å². The molecule has 1 heterocycles. The summed E-state index contributed by atoms with van der Waals surface area (Å²) in [5.74, 6) is 1.94. The number of nitrogens with one attached hydrogen (secondary N) is 1. The van der Waals surface area contributed by atoms with Crippen LogP contribution in [0.5, 0.6) is 0 Å². The van der Waals surface area contributed by atoms with Crippen molar-refractivity contribution < 1.29 is 18.7 Å². The smallest absolute Gasteiger partial charge is 0.338 e. The van der Waals surface area contributed by atoms with Gasteiger partial charge in [-0.2, -0.15) is 5.26 Å². The fraction of sp³-hybridized carbons (Fsp3) is 0.375. The third-order valence-electron chi connectivity index (χ3n) is 5.08. The number of nitrogens with zero attached hydrogens (tertiary/aromatic N) is 1. The number of esters is 1. The van der Waals surface area contributed by atoms with Crippen LogP contribution >= 0.6 is 0 Å². The monoisotopic (exact) mass is 406 g/mol. The number of ether oxygens (including phenoxy) is 1. The van der Waals surface area contributed by atoms with E-state index >= 15 is 0 Å². The fourth-order valence-corrected chi connectivity index (χ4v) is 3.01. The summed E-state index contributed by atoms with van der Waals surface area (Å²) in [7, 11) is 0. The first-order chi connectivity index (χ1) is 14.4. The standard InChI is InChI=1S/C24H26N2O4/c1-15(2)10-11-29-24(28)17-4-6-19(7-5-17)26-23(27)18(14-25)13-20-8-9-22(30-20)21-12-16(21)3/h4-9,13,15-16,21H,10-12H2,1-3H3,(H,26,27)/b18-13+. The summed E-state index contributed by atoms with van der Waals surface area (Å²) in [4.78, 5) is 24.5. The summed E-state index contributed by atoms with van der Waals surface area (Å²) in [6.45, 7) is 6.66. The van der Waals surface area contributed by atoms with Crippen LogP contribution in [0.2, 0.25) is 0 Å². The maximum Gasteiger partial charge on any atom is 0.338 e. The summed E-state index contributed by atoms with van der Waals surface area (Å²) in [6, 6.07) is 11.9. The van der Waals surface area contributed by atoms with Crippen LogP contribution in [0, 0.1) is 23.2 Å². The van der Waals surface area contributed by atoms with Crippen LogP contribution < -0.4 is 5.32 Å². The highest BCUT2D eigenvalue weighted by Crippen LogP contribution is 2.47. The SMILES string of the molecule is CC(C)CCOC(=O)c1ccc(NC(=O)/C(C#N)=C/c2ccc(C3CC3C)o2)cc1. The van der Waals surface area contributed by atoms with Gasteiger partial charge in [-0.3, -0.25) is 4.79 Å². The number of rotatable bonds is 8. The number of amides is 1. The normalized spacial score (nSPS) is 18.0. The molecule has 6 nitrogen and oxygen atoms in total. The van der Waals surface area contributed by atoms with E-state index in [1.165, 1.54) is 6.08 Å². The van der Waals surface area contributed by atoms with Crippen LogP contribution in [0.4, 0.5) is 5.69 Å². The maximum absolute atomic E-state index is 12.4. The van der Waals surface area contributed by atoms with Crippen LogP contribution in [-0.2, 0) is 9.53 Å². The first kappa shape index (κ1) is 21.4. The summed E-state index contributed by atoms with van der Waals surface area (Å²) in [5.41, 5.74) is 0.828. The van der Waals surface area contributed by atoms with Gasteiger partial charge in [0.15, 0.2) is 0 Å². The first-order valence-electron chi connectivity index (χ1n) is 10.2. The molecule has 0 radical (unpaired) electrons. The molecule has 0 saturated heterocycles. The number of anilines is 1. The van der Waals surface area contributed by atoms with Crippen LogP contribution in [0.25, 0.3) is 6.08 Å². The molecule has 2 unspecified atom stereocenters. The van der Waals surface area contributed by atoms with Crippen molar-refractivity contribution in [3.63, 3.8) is 0 Å². The number of carbonyl (C=O) groups excluding carboxylic acids is 2. The number of hydrogen-bond acceptors (Lipinski definition) is 5. The van der Waals surface area contributed by atoms with E-state index in [9.17, 15) is 14.9 Å². The summed E-state index contributed by atoms with van der Waals surface area (Å²) >= 11 is 0. The van der Waals surface area contributed by atoms with Crippen LogP contribution in [-0.4, -0.2) is 18.5 Å². The van der Waals surface area contributed by atoms with E-state index in [-0.39, 0.29) is 5.57 Å². The Hall–Kier alpha value is -3.33. The minimum Gasteiger partial charge on any atom is -0.462 e. The van der Waals surface area contributed by atoms with Crippen molar-refractivity contribution in [3.05, 3.63) is 59.1 Å². The second-order valence-corrected chi connectivity index (χ2v) is 8.08. The minimum atomic E-state index is -0.539. The Labute approximate surface area is 176 Å². The summed E-state index contributed by atoms with van der Waals surface area (Å²) < 4.78 is 11.0. The fourth-order valence-electron chi connectivity index (χ4n) is 3.01. The van der Waals surface area contributed by atoms with Gasteiger partial charge in [0.25, 0.3) is 5.91 Å². The van der Waals surface area contributed by atoms with Gasteiger partial charge in [-0.15, -0.1) is 0 Å². The summed E-state index contributed by atoms with van der Waals surface area (Å²) in [6.07, 6.45) is 3.34. The van der Waals surface area contributed by atoms with E-state index in [1.54, 1.807) is 30.3 Å². The molecular formula is C24H26N2O4. The highest BCUT2D eigenvalue weighted by atomic mass is 16.5. The molecule has 2 atom stereocenters.